The summed E-state index contributed by atoms with van der Waals surface area (Å²) in [6.07, 6.45) is 0. The van der Waals surface area contributed by atoms with Crippen LogP contribution in [0.15, 0.2) is 70.3 Å². The molecular weight excluding hydrogens is 392 g/mol. The fourth-order valence-corrected chi connectivity index (χ4v) is 4.57. The second kappa shape index (κ2) is 7.90. The Morgan fingerprint density at radius 3 is 2.46 bits per heavy atom. The molecule has 0 atom stereocenters. The van der Waals surface area contributed by atoms with Crippen molar-refractivity contribution in [3.05, 3.63) is 82.2 Å². The lowest BCUT2D eigenvalue weighted by atomic mass is 10.1. The highest BCUT2D eigenvalue weighted by atomic mass is 35.5. The predicted molar refractivity (Wildman–Crippen MR) is 104 cm³/mol. The molecule has 0 bridgehead atoms. The Balaban J connectivity index is 1.78. The molecule has 0 fully saturated rings. The van der Waals surface area contributed by atoms with E-state index in [0.29, 0.717) is 5.02 Å². The van der Waals surface area contributed by atoms with Crippen LogP contribution in [0.25, 0.3) is 0 Å². The van der Waals surface area contributed by atoms with E-state index in [1.807, 2.05) is 18.2 Å². The lowest BCUT2D eigenvalue weighted by Gasteiger charge is -2.12. The van der Waals surface area contributed by atoms with E-state index in [1.165, 1.54) is 6.07 Å². The second-order valence-corrected chi connectivity index (χ2v) is 8.62. The number of hydrogen-bond acceptors (Lipinski definition) is 4. The molecule has 26 heavy (non-hydrogen) atoms. The van der Waals surface area contributed by atoms with Crippen LogP contribution < -0.4 is 10.0 Å². The molecule has 1 heterocycles. The van der Waals surface area contributed by atoms with Crippen molar-refractivity contribution in [1.82, 2.24) is 5.32 Å². The molecule has 0 aliphatic heterocycles. The molecule has 0 aliphatic rings. The quantitative estimate of drug-likeness (QED) is 0.646. The van der Waals surface area contributed by atoms with Crippen LogP contribution >= 0.6 is 22.9 Å². The maximum atomic E-state index is 12.5. The van der Waals surface area contributed by atoms with Crippen molar-refractivity contribution in [2.75, 3.05) is 4.72 Å². The average Bonchev–Trinajstić information content (AvgIpc) is 3.17. The van der Waals surface area contributed by atoms with E-state index in [4.69, 9.17) is 11.6 Å². The van der Waals surface area contributed by atoms with Gasteiger partial charge in [0.2, 0.25) is 0 Å². The zero-order valence-corrected chi connectivity index (χ0v) is 15.9. The van der Waals surface area contributed by atoms with Gasteiger partial charge in [0.25, 0.3) is 15.9 Å². The normalized spacial score (nSPS) is 11.1. The highest BCUT2D eigenvalue weighted by molar-refractivity contribution is 7.94. The average molecular weight is 407 g/mol. The molecule has 0 unspecified atom stereocenters. The molecule has 0 saturated carbocycles. The van der Waals surface area contributed by atoms with Crippen LogP contribution in [0.5, 0.6) is 0 Å². The van der Waals surface area contributed by atoms with Crippen LogP contribution in [-0.4, -0.2) is 14.3 Å². The van der Waals surface area contributed by atoms with Gasteiger partial charge in [-0.2, -0.15) is 0 Å². The molecule has 1 aromatic heterocycles. The summed E-state index contributed by atoms with van der Waals surface area (Å²) in [5.41, 5.74) is 1.23. The van der Waals surface area contributed by atoms with Gasteiger partial charge in [-0.1, -0.05) is 48.0 Å². The van der Waals surface area contributed by atoms with Crippen molar-refractivity contribution >= 4 is 44.6 Å². The summed E-state index contributed by atoms with van der Waals surface area (Å²) in [6.45, 7) is 0.241. The number of amides is 1. The molecule has 0 aliphatic carbocycles. The number of thiophene rings is 1. The number of sulfonamides is 1. The van der Waals surface area contributed by atoms with Gasteiger partial charge < -0.3 is 5.32 Å². The highest BCUT2D eigenvalue weighted by Gasteiger charge is 2.19. The summed E-state index contributed by atoms with van der Waals surface area (Å²) in [4.78, 5) is 12.5. The Morgan fingerprint density at radius 2 is 1.73 bits per heavy atom. The first kappa shape index (κ1) is 18.4. The number of nitrogens with one attached hydrogen (secondary N) is 2. The van der Waals surface area contributed by atoms with Gasteiger partial charge in [0.1, 0.15) is 4.21 Å². The minimum atomic E-state index is -3.73. The number of benzene rings is 2. The molecule has 1 amide bonds. The minimum Gasteiger partial charge on any atom is -0.348 e. The summed E-state index contributed by atoms with van der Waals surface area (Å²) in [6, 6.07) is 16.8. The largest absolute Gasteiger partial charge is 0.348 e. The molecular formula is C18H15ClN2O3S2. The molecule has 3 rings (SSSR count). The number of halogens is 1. The second-order valence-electron chi connectivity index (χ2n) is 5.36. The number of carbonyl (C=O) groups is 1. The van der Waals surface area contributed by atoms with Gasteiger partial charge in [-0.05, 0) is 35.2 Å². The van der Waals surface area contributed by atoms with Gasteiger partial charge in [-0.15, -0.1) is 11.3 Å². The first-order valence-corrected chi connectivity index (χ1v) is 10.4. The molecule has 2 N–H and O–H groups in total. The van der Waals surface area contributed by atoms with E-state index in [2.05, 4.69) is 10.0 Å². The van der Waals surface area contributed by atoms with Crippen molar-refractivity contribution in [2.24, 2.45) is 0 Å². The van der Waals surface area contributed by atoms with Crippen LogP contribution in [0.2, 0.25) is 5.02 Å². The Bertz CT molecular complexity index is 1020. The van der Waals surface area contributed by atoms with Crippen molar-refractivity contribution in [3.8, 4) is 0 Å². The molecule has 8 heteroatoms. The van der Waals surface area contributed by atoms with Gasteiger partial charge >= 0.3 is 0 Å². The molecule has 2 aromatic carbocycles. The third-order valence-corrected chi connectivity index (χ3v) is 6.70. The van der Waals surface area contributed by atoms with Crippen molar-refractivity contribution in [1.29, 1.82) is 0 Å². The van der Waals surface area contributed by atoms with E-state index in [9.17, 15) is 13.2 Å². The van der Waals surface area contributed by atoms with E-state index in [1.54, 1.807) is 41.8 Å². The number of anilines is 1. The molecule has 0 radical (unpaired) electrons. The van der Waals surface area contributed by atoms with E-state index >= 15 is 0 Å². The first-order chi connectivity index (χ1) is 12.5. The molecule has 5 nitrogen and oxygen atoms in total. The summed E-state index contributed by atoms with van der Waals surface area (Å²) < 4.78 is 27.5. The van der Waals surface area contributed by atoms with Crippen molar-refractivity contribution in [2.45, 2.75) is 10.8 Å². The van der Waals surface area contributed by atoms with Crippen LogP contribution in [0.4, 0.5) is 5.69 Å². The lowest BCUT2D eigenvalue weighted by molar-refractivity contribution is 0.0952. The summed E-state index contributed by atoms with van der Waals surface area (Å²) in [5.74, 6) is -0.394. The number of carbonyl (C=O) groups excluding carboxylic acids is 1. The van der Waals surface area contributed by atoms with Gasteiger partial charge in [0, 0.05) is 11.6 Å². The van der Waals surface area contributed by atoms with Crippen LogP contribution in [0, 0.1) is 0 Å². The van der Waals surface area contributed by atoms with E-state index < -0.39 is 15.9 Å². The maximum Gasteiger partial charge on any atom is 0.271 e. The Kier molecular flexibility index (Phi) is 5.61. The zero-order chi connectivity index (χ0) is 18.6. The third-order valence-electron chi connectivity index (χ3n) is 3.57. The van der Waals surface area contributed by atoms with Gasteiger partial charge in [0.15, 0.2) is 0 Å². The Labute approximate surface area is 160 Å². The monoisotopic (exact) mass is 406 g/mol. The van der Waals surface area contributed by atoms with Crippen LogP contribution in [-0.2, 0) is 16.6 Å². The summed E-state index contributed by atoms with van der Waals surface area (Å²) >= 11 is 7.19. The Hall–Kier alpha value is -2.35. The standard InChI is InChI=1S/C18H15ClN2O3S2/c19-15-8-3-1-6-13(15)12-20-18(22)14-7-2-4-9-16(14)21-26(23,24)17-10-5-11-25-17/h1-11,21H,12H2,(H,20,22). The SMILES string of the molecule is O=C(NCc1ccccc1Cl)c1ccccc1NS(=O)(=O)c1cccs1. The number of rotatable bonds is 6. The van der Waals surface area contributed by atoms with Gasteiger partial charge in [-0.25, -0.2) is 8.42 Å². The Morgan fingerprint density at radius 1 is 1.00 bits per heavy atom. The van der Waals surface area contributed by atoms with Crippen LogP contribution in [0.1, 0.15) is 15.9 Å². The van der Waals surface area contributed by atoms with Gasteiger partial charge in [0.05, 0.1) is 11.3 Å². The fraction of sp³-hybridized carbons (Fsp3) is 0.0556. The molecule has 0 spiro atoms. The maximum absolute atomic E-state index is 12.5. The van der Waals surface area contributed by atoms with Crippen molar-refractivity contribution < 1.29 is 13.2 Å². The van der Waals surface area contributed by atoms with Crippen molar-refractivity contribution in [3.63, 3.8) is 0 Å². The molecule has 0 saturated heterocycles. The first-order valence-electron chi connectivity index (χ1n) is 7.64. The minimum absolute atomic E-state index is 0.184. The summed E-state index contributed by atoms with van der Waals surface area (Å²) in [7, 11) is -3.73. The number of hydrogen-bond donors (Lipinski definition) is 2. The fourth-order valence-electron chi connectivity index (χ4n) is 2.29. The van der Waals surface area contributed by atoms with E-state index in [0.717, 1.165) is 16.9 Å². The molecule has 134 valence electrons. The highest BCUT2D eigenvalue weighted by Crippen LogP contribution is 2.23. The predicted octanol–water partition coefficient (Wildman–Crippen LogP) is 4.13. The smallest absolute Gasteiger partial charge is 0.271 e. The van der Waals surface area contributed by atoms with Gasteiger partial charge in [-0.3, -0.25) is 9.52 Å². The number of para-hydroxylation sites is 1. The zero-order valence-electron chi connectivity index (χ0n) is 13.5. The van der Waals surface area contributed by atoms with E-state index in [-0.39, 0.29) is 22.0 Å². The van der Waals surface area contributed by atoms with Crippen LogP contribution in [0.3, 0.4) is 0 Å². The third kappa shape index (κ3) is 4.24. The lowest BCUT2D eigenvalue weighted by Crippen LogP contribution is -2.25. The topological polar surface area (TPSA) is 75.3 Å². The molecule has 3 aromatic rings. The summed E-state index contributed by atoms with van der Waals surface area (Å²) in [5, 5.41) is 4.99.